The SMILES string of the molecule is CCCCC(C)(O)c1ccc(OC)cc1. The Labute approximate surface area is 91.9 Å². The summed E-state index contributed by atoms with van der Waals surface area (Å²) < 4.78 is 5.08. The van der Waals surface area contributed by atoms with Gasteiger partial charge in [0.1, 0.15) is 5.75 Å². The third kappa shape index (κ3) is 3.24. The van der Waals surface area contributed by atoms with Crippen LogP contribution in [0.2, 0.25) is 0 Å². The van der Waals surface area contributed by atoms with Gasteiger partial charge in [0.05, 0.1) is 12.7 Å². The summed E-state index contributed by atoms with van der Waals surface area (Å²) in [7, 11) is 1.64. The number of unbranched alkanes of at least 4 members (excludes halogenated alkanes) is 1. The first-order valence-electron chi connectivity index (χ1n) is 5.47. The van der Waals surface area contributed by atoms with Gasteiger partial charge in [-0.1, -0.05) is 31.9 Å². The van der Waals surface area contributed by atoms with Crippen molar-refractivity contribution in [2.45, 2.75) is 38.7 Å². The number of rotatable bonds is 5. The summed E-state index contributed by atoms with van der Waals surface area (Å²) in [6.07, 6.45) is 2.95. The van der Waals surface area contributed by atoms with Crippen LogP contribution in [-0.2, 0) is 5.60 Å². The Kier molecular flexibility index (Phi) is 4.15. The predicted molar refractivity (Wildman–Crippen MR) is 62.1 cm³/mol. The minimum atomic E-state index is -0.720. The number of benzene rings is 1. The highest BCUT2D eigenvalue weighted by Gasteiger charge is 2.21. The van der Waals surface area contributed by atoms with E-state index in [4.69, 9.17) is 4.74 Å². The Hall–Kier alpha value is -1.02. The average molecular weight is 208 g/mol. The van der Waals surface area contributed by atoms with E-state index < -0.39 is 5.60 Å². The van der Waals surface area contributed by atoms with Crippen molar-refractivity contribution in [2.24, 2.45) is 0 Å². The highest BCUT2D eigenvalue weighted by atomic mass is 16.5. The van der Waals surface area contributed by atoms with E-state index in [0.29, 0.717) is 0 Å². The minimum Gasteiger partial charge on any atom is -0.497 e. The maximum Gasteiger partial charge on any atom is 0.118 e. The molecule has 1 atom stereocenters. The number of hydrogen-bond acceptors (Lipinski definition) is 2. The molecule has 0 saturated heterocycles. The van der Waals surface area contributed by atoms with Crippen LogP contribution >= 0.6 is 0 Å². The third-order valence-electron chi connectivity index (χ3n) is 2.73. The van der Waals surface area contributed by atoms with E-state index in [2.05, 4.69) is 6.92 Å². The van der Waals surface area contributed by atoms with Crippen molar-refractivity contribution in [3.63, 3.8) is 0 Å². The van der Waals surface area contributed by atoms with Gasteiger partial charge in [-0.2, -0.15) is 0 Å². The third-order valence-corrected chi connectivity index (χ3v) is 2.73. The molecular weight excluding hydrogens is 188 g/mol. The van der Waals surface area contributed by atoms with Crippen LogP contribution in [0.4, 0.5) is 0 Å². The maximum atomic E-state index is 10.2. The summed E-state index contributed by atoms with van der Waals surface area (Å²) >= 11 is 0. The van der Waals surface area contributed by atoms with Gasteiger partial charge in [0.2, 0.25) is 0 Å². The van der Waals surface area contributed by atoms with E-state index in [-0.39, 0.29) is 0 Å². The molecule has 2 nitrogen and oxygen atoms in total. The Morgan fingerprint density at radius 3 is 2.33 bits per heavy atom. The zero-order chi connectivity index (χ0) is 11.3. The van der Waals surface area contributed by atoms with Crippen LogP contribution < -0.4 is 4.74 Å². The molecule has 0 bridgehead atoms. The Bertz CT molecular complexity index is 288. The standard InChI is InChI=1S/C13H20O2/c1-4-5-10-13(2,14)11-6-8-12(15-3)9-7-11/h6-9,14H,4-5,10H2,1-3H3. The lowest BCUT2D eigenvalue weighted by atomic mass is 9.90. The van der Waals surface area contributed by atoms with Crippen LogP contribution in [0.15, 0.2) is 24.3 Å². The lowest BCUT2D eigenvalue weighted by Gasteiger charge is -2.23. The van der Waals surface area contributed by atoms with Crippen LogP contribution in [-0.4, -0.2) is 12.2 Å². The molecule has 84 valence electrons. The first-order valence-corrected chi connectivity index (χ1v) is 5.47. The van der Waals surface area contributed by atoms with Crippen LogP contribution in [0.3, 0.4) is 0 Å². The fraction of sp³-hybridized carbons (Fsp3) is 0.538. The molecular formula is C13H20O2. The monoisotopic (exact) mass is 208 g/mol. The molecule has 1 rings (SSSR count). The summed E-state index contributed by atoms with van der Waals surface area (Å²) in [6, 6.07) is 7.62. The molecule has 0 radical (unpaired) electrons. The smallest absolute Gasteiger partial charge is 0.118 e. The van der Waals surface area contributed by atoms with Crippen molar-refractivity contribution in [2.75, 3.05) is 7.11 Å². The molecule has 1 N–H and O–H groups in total. The number of ether oxygens (including phenoxy) is 1. The normalized spacial score (nSPS) is 14.7. The summed E-state index contributed by atoms with van der Waals surface area (Å²) in [4.78, 5) is 0. The van der Waals surface area contributed by atoms with E-state index in [1.807, 2.05) is 31.2 Å². The number of aliphatic hydroxyl groups is 1. The van der Waals surface area contributed by atoms with Crippen molar-refractivity contribution in [3.8, 4) is 5.75 Å². The van der Waals surface area contributed by atoms with Gasteiger partial charge < -0.3 is 9.84 Å². The van der Waals surface area contributed by atoms with E-state index in [0.717, 1.165) is 30.6 Å². The summed E-state index contributed by atoms with van der Waals surface area (Å²) in [5.74, 6) is 0.824. The van der Waals surface area contributed by atoms with Crippen LogP contribution in [0.25, 0.3) is 0 Å². The fourth-order valence-corrected chi connectivity index (χ4v) is 1.62. The molecule has 0 fully saturated rings. The molecule has 0 heterocycles. The lowest BCUT2D eigenvalue weighted by molar-refractivity contribution is 0.0453. The van der Waals surface area contributed by atoms with Gasteiger partial charge in [-0.25, -0.2) is 0 Å². The summed E-state index contributed by atoms with van der Waals surface area (Å²) in [5, 5.41) is 10.2. The molecule has 0 aromatic heterocycles. The Balaban J connectivity index is 2.75. The van der Waals surface area contributed by atoms with Gasteiger partial charge in [0, 0.05) is 0 Å². The van der Waals surface area contributed by atoms with E-state index in [9.17, 15) is 5.11 Å². The maximum absolute atomic E-state index is 10.2. The van der Waals surface area contributed by atoms with Crippen molar-refractivity contribution >= 4 is 0 Å². The molecule has 0 saturated carbocycles. The van der Waals surface area contributed by atoms with Gasteiger partial charge in [-0.15, -0.1) is 0 Å². The zero-order valence-electron chi connectivity index (χ0n) is 9.79. The molecule has 2 heteroatoms. The molecule has 0 amide bonds. The van der Waals surface area contributed by atoms with E-state index >= 15 is 0 Å². The molecule has 0 aliphatic heterocycles. The second kappa shape index (κ2) is 5.17. The quantitative estimate of drug-likeness (QED) is 0.805. The van der Waals surface area contributed by atoms with Gasteiger partial charge in [-0.05, 0) is 31.0 Å². The van der Waals surface area contributed by atoms with E-state index in [1.165, 1.54) is 0 Å². The molecule has 1 aromatic carbocycles. The second-order valence-corrected chi connectivity index (χ2v) is 4.11. The minimum absolute atomic E-state index is 0.720. The first kappa shape index (κ1) is 12.1. The van der Waals surface area contributed by atoms with Gasteiger partial charge >= 0.3 is 0 Å². The Morgan fingerprint density at radius 1 is 1.27 bits per heavy atom. The summed E-state index contributed by atoms with van der Waals surface area (Å²) in [5.41, 5.74) is 0.235. The van der Waals surface area contributed by atoms with Crippen LogP contribution in [0.1, 0.15) is 38.7 Å². The molecule has 0 aliphatic carbocycles. The summed E-state index contributed by atoms with van der Waals surface area (Å²) in [6.45, 7) is 3.99. The number of hydrogen-bond donors (Lipinski definition) is 1. The van der Waals surface area contributed by atoms with E-state index in [1.54, 1.807) is 7.11 Å². The molecule has 0 spiro atoms. The zero-order valence-corrected chi connectivity index (χ0v) is 9.79. The van der Waals surface area contributed by atoms with Gasteiger partial charge in [0.25, 0.3) is 0 Å². The molecule has 1 aromatic rings. The largest absolute Gasteiger partial charge is 0.497 e. The molecule has 1 unspecified atom stereocenters. The second-order valence-electron chi connectivity index (χ2n) is 4.11. The highest BCUT2D eigenvalue weighted by Crippen LogP contribution is 2.27. The highest BCUT2D eigenvalue weighted by molar-refractivity contribution is 5.30. The van der Waals surface area contributed by atoms with Crippen LogP contribution in [0, 0.1) is 0 Å². The average Bonchev–Trinajstić information content (AvgIpc) is 2.26. The molecule has 15 heavy (non-hydrogen) atoms. The topological polar surface area (TPSA) is 29.5 Å². The van der Waals surface area contributed by atoms with Crippen molar-refractivity contribution in [1.82, 2.24) is 0 Å². The van der Waals surface area contributed by atoms with Gasteiger partial charge in [0.15, 0.2) is 0 Å². The fourth-order valence-electron chi connectivity index (χ4n) is 1.62. The van der Waals surface area contributed by atoms with Gasteiger partial charge in [-0.3, -0.25) is 0 Å². The first-order chi connectivity index (χ1) is 7.10. The van der Waals surface area contributed by atoms with Crippen molar-refractivity contribution in [3.05, 3.63) is 29.8 Å². The predicted octanol–water partition coefficient (Wildman–Crippen LogP) is 3.09. The van der Waals surface area contributed by atoms with Crippen molar-refractivity contribution < 1.29 is 9.84 Å². The Morgan fingerprint density at radius 2 is 1.87 bits per heavy atom. The van der Waals surface area contributed by atoms with Crippen LogP contribution in [0.5, 0.6) is 5.75 Å². The van der Waals surface area contributed by atoms with Crippen molar-refractivity contribution in [1.29, 1.82) is 0 Å². The number of methoxy groups -OCH3 is 1. The molecule has 0 aliphatic rings. The lowest BCUT2D eigenvalue weighted by Crippen LogP contribution is -2.20.